The van der Waals surface area contributed by atoms with Crippen molar-refractivity contribution >= 4 is 18.3 Å². The number of nitrogens with zero attached hydrogens (tertiary/aromatic N) is 2. The maximum absolute atomic E-state index is 6.28. The summed E-state index contributed by atoms with van der Waals surface area (Å²) in [6.07, 6.45) is 1.58. The van der Waals surface area contributed by atoms with Crippen molar-refractivity contribution in [3.63, 3.8) is 0 Å². The van der Waals surface area contributed by atoms with Gasteiger partial charge in [0.1, 0.15) is 0 Å². The molecule has 148 valence electrons. The number of hydrogen-bond acceptors (Lipinski definition) is 5. The topological polar surface area (TPSA) is 34.2 Å². The minimum atomic E-state index is -0.312. The lowest BCUT2D eigenvalue weighted by atomic mass is 9.78. The lowest BCUT2D eigenvalue weighted by molar-refractivity contribution is 0.00578. The fraction of sp³-hybridized carbons (Fsp3) is 0.714. The Morgan fingerprint density at radius 2 is 1.78 bits per heavy atom. The molecule has 0 bridgehead atoms. The summed E-state index contributed by atoms with van der Waals surface area (Å²) in [5, 5.41) is 0. The summed E-state index contributed by atoms with van der Waals surface area (Å²) < 4.78 is 18.3. The molecule has 1 unspecified atom stereocenters. The molecule has 3 aliphatic heterocycles. The van der Waals surface area contributed by atoms with E-state index < -0.39 is 0 Å². The van der Waals surface area contributed by atoms with Gasteiger partial charge >= 0.3 is 7.12 Å². The third-order valence-corrected chi connectivity index (χ3v) is 6.55. The lowest BCUT2D eigenvalue weighted by Crippen LogP contribution is -2.43. The SMILES string of the molecule is CC1CN(c2ccc(B3OC(C)(C)C(C)(C)O3)cc2CN2CCC2)CCO1. The van der Waals surface area contributed by atoms with Crippen LogP contribution in [0.2, 0.25) is 0 Å². The highest BCUT2D eigenvalue weighted by Gasteiger charge is 2.51. The van der Waals surface area contributed by atoms with Crippen molar-refractivity contribution in [1.29, 1.82) is 0 Å². The average Bonchev–Trinajstić information content (AvgIpc) is 2.79. The van der Waals surface area contributed by atoms with E-state index in [9.17, 15) is 0 Å². The van der Waals surface area contributed by atoms with Gasteiger partial charge in [0.2, 0.25) is 0 Å². The predicted octanol–water partition coefficient (Wildman–Crippen LogP) is 2.42. The summed E-state index contributed by atoms with van der Waals surface area (Å²) in [5.41, 5.74) is 3.20. The average molecular weight is 372 g/mol. The Morgan fingerprint density at radius 3 is 2.37 bits per heavy atom. The van der Waals surface area contributed by atoms with Gasteiger partial charge in [-0.2, -0.15) is 0 Å². The van der Waals surface area contributed by atoms with E-state index in [1.54, 1.807) is 0 Å². The Hall–Kier alpha value is -1.08. The van der Waals surface area contributed by atoms with E-state index in [1.807, 2.05) is 0 Å². The van der Waals surface area contributed by atoms with Crippen LogP contribution in [-0.4, -0.2) is 62.1 Å². The molecule has 0 spiro atoms. The first kappa shape index (κ1) is 19.3. The second-order valence-corrected chi connectivity index (χ2v) is 9.23. The summed E-state index contributed by atoms with van der Waals surface area (Å²) in [6.45, 7) is 16.7. The molecular weight excluding hydrogens is 339 g/mol. The Kier molecular flexibility index (Phi) is 5.04. The van der Waals surface area contributed by atoms with Gasteiger partial charge in [-0.3, -0.25) is 4.90 Å². The number of anilines is 1. The van der Waals surface area contributed by atoms with Gasteiger partial charge in [0.15, 0.2) is 0 Å². The van der Waals surface area contributed by atoms with Crippen LogP contribution < -0.4 is 10.4 Å². The van der Waals surface area contributed by atoms with Gasteiger partial charge in [-0.05, 0) is 71.2 Å². The molecule has 0 saturated carbocycles. The van der Waals surface area contributed by atoms with Crippen molar-refractivity contribution in [1.82, 2.24) is 4.90 Å². The third kappa shape index (κ3) is 3.77. The minimum absolute atomic E-state index is 0.276. The van der Waals surface area contributed by atoms with Crippen LogP contribution in [0.3, 0.4) is 0 Å². The molecule has 0 aliphatic carbocycles. The molecule has 0 amide bonds. The summed E-state index contributed by atoms with van der Waals surface area (Å²) in [6, 6.07) is 6.74. The van der Waals surface area contributed by atoms with Gasteiger partial charge in [0.25, 0.3) is 0 Å². The molecule has 3 heterocycles. The van der Waals surface area contributed by atoms with E-state index in [-0.39, 0.29) is 24.4 Å². The van der Waals surface area contributed by atoms with Crippen molar-refractivity contribution < 1.29 is 14.0 Å². The fourth-order valence-corrected chi connectivity index (χ4v) is 3.98. The molecule has 3 fully saturated rings. The van der Waals surface area contributed by atoms with E-state index in [0.717, 1.165) is 31.7 Å². The van der Waals surface area contributed by atoms with E-state index in [4.69, 9.17) is 14.0 Å². The molecule has 5 nitrogen and oxygen atoms in total. The maximum Gasteiger partial charge on any atom is 0.494 e. The van der Waals surface area contributed by atoms with E-state index in [0.29, 0.717) is 0 Å². The molecule has 0 N–H and O–H groups in total. The van der Waals surface area contributed by atoms with Gasteiger partial charge in [0, 0.05) is 25.3 Å². The predicted molar refractivity (Wildman–Crippen MR) is 110 cm³/mol. The summed E-state index contributed by atoms with van der Waals surface area (Å²) in [5.74, 6) is 0. The van der Waals surface area contributed by atoms with E-state index in [1.165, 1.54) is 30.8 Å². The molecule has 1 aromatic carbocycles. The van der Waals surface area contributed by atoms with Crippen LogP contribution in [0.15, 0.2) is 18.2 Å². The normalized spacial score (nSPS) is 27.7. The molecule has 3 saturated heterocycles. The zero-order chi connectivity index (χ0) is 19.2. The van der Waals surface area contributed by atoms with Crippen molar-refractivity contribution in [3.8, 4) is 0 Å². The first-order chi connectivity index (χ1) is 12.7. The Balaban J connectivity index is 1.61. The second kappa shape index (κ2) is 7.07. The fourth-order valence-electron chi connectivity index (χ4n) is 3.98. The minimum Gasteiger partial charge on any atom is -0.399 e. The number of rotatable bonds is 4. The number of likely N-dealkylation sites (tertiary alicyclic amines) is 1. The monoisotopic (exact) mass is 372 g/mol. The van der Waals surface area contributed by atoms with Crippen molar-refractivity contribution in [2.24, 2.45) is 0 Å². The van der Waals surface area contributed by atoms with Gasteiger partial charge < -0.3 is 18.9 Å². The largest absolute Gasteiger partial charge is 0.494 e. The second-order valence-electron chi connectivity index (χ2n) is 9.23. The van der Waals surface area contributed by atoms with Crippen LogP contribution in [0.4, 0.5) is 5.69 Å². The van der Waals surface area contributed by atoms with Crippen LogP contribution in [-0.2, 0) is 20.6 Å². The van der Waals surface area contributed by atoms with Gasteiger partial charge in [0.05, 0.1) is 23.9 Å². The molecular formula is C21H33BN2O3. The zero-order valence-electron chi connectivity index (χ0n) is 17.5. The summed E-state index contributed by atoms with van der Waals surface area (Å²) in [7, 11) is -0.303. The highest BCUT2D eigenvalue weighted by atomic mass is 16.7. The molecule has 6 heteroatoms. The molecule has 0 aromatic heterocycles. The first-order valence-electron chi connectivity index (χ1n) is 10.3. The summed E-state index contributed by atoms with van der Waals surface area (Å²) in [4.78, 5) is 4.98. The van der Waals surface area contributed by atoms with Crippen LogP contribution in [0.5, 0.6) is 0 Å². The Labute approximate surface area is 164 Å². The number of benzene rings is 1. The lowest BCUT2D eigenvalue weighted by Gasteiger charge is -2.37. The third-order valence-electron chi connectivity index (χ3n) is 6.55. The highest BCUT2D eigenvalue weighted by molar-refractivity contribution is 6.62. The molecule has 1 atom stereocenters. The van der Waals surface area contributed by atoms with E-state index >= 15 is 0 Å². The zero-order valence-corrected chi connectivity index (χ0v) is 17.5. The molecule has 1 aromatic rings. The molecule has 27 heavy (non-hydrogen) atoms. The number of morpholine rings is 1. The smallest absolute Gasteiger partial charge is 0.399 e. The van der Waals surface area contributed by atoms with Crippen LogP contribution >= 0.6 is 0 Å². The molecule has 4 rings (SSSR count). The van der Waals surface area contributed by atoms with Crippen LogP contribution in [0, 0.1) is 0 Å². The van der Waals surface area contributed by atoms with Gasteiger partial charge in [-0.1, -0.05) is 12.1 Å². The Morgan fingerprint density at radius 1 is 1.07 bits per heavy atom. The van der Waals surface area contributed by atoms with Crippen molar-refractivity contribution in [2.45, 2.75) is 64.9 Å². The Bertz CT molecular complexity index is 674. The van der Waals surface area contributed by atoms with Crippen LogP contribution in [0.25, 0.3) is 0 Å². The number of hydrogen-bond donors (Lipinski definition) is 0. The van der Waals surface area contributed by atoms with Crippen molar-refractivity contribution in [3.05, 3.63) is 23.8 Å². The van der Waals surface area contributed by atoms with Crippen LogP contribution in [0.1, 0.15) is 46.6 Å². The first-order valence-corrected chi connectivity index (χ1v) is 10.3. The van der Waals surface area contributed by atoms with Crippen molar-refractivity contribution in [2.75, 3.05) is 37.7 Å². The molecule has 0 radical (unpaired) electrons. The number of ether oxygens (including phenoxy) is 1. The maximum atomic E-state index is 6.28. The quantitative estimate of drug-likeness (QED) is 0.759. The van der Waals surface area contributed by atoms with Gasteiger partial charge in [-0.15, -0.1) is 0 Å². The highest BCUT2D eigenvalue weighted by Crippen LogP contribution is 2.37. The molecule has 3 aliphatic rings. The summed E-state index contributed by atoms with van der Waals surface area (Å²) >= 11 is 0. The van der Waals surface area contributed by atoms with Gasteiger partial charge in [-0.25, -0.2) is 0 Å². The van der Waals surface area contributed by atoms with E-state index in [2.05, 4.69) is 62.6 Å². The standard InChI is InChI=1S/C21H33BN2O3/c1-16-14-24(11-12-25-16)19-8-7-18(13-17(19)15-23-9-6-10-23)22-26-20(2,3)21(4,5)27-22/h7-8,13,16H,6,9-12,14-15H2,1-5H3.